The number of halogens is 3. The molecule has 1 aliphatic rings. The van der Waals surface area contributed by atoms with Crippen molar-refractivity contribution in [3.63, 3.8) is 0 Å². The van der Waals surface area contributed by atoms with Gasteiger partial charge in [-0.15, -0.1) is 11.3 Å². The largest absolute Gasteiger partial charge is 0.377 e. The molecule has 0 bridgehead atoms. The van der Waals surface area contributed by atoms with E-state index in [1.165, 1.54) is 42.2 Å². The molecule has 1 atom stereocenters. The molecule has 1 N–H and O–H groups in total. The smallest absolute Gasteiger partial charge is 0.187 e. The van der Waals surface area contributed by atoms with E-state index in [0.29, 0.717) is 11.3 Å². The zero-order valence-electron chi connectivity index (χ0n) is 18.7. The molecule has 0 aliphatic carbocycles. The summed E-state index contributed by atoms with van der Waals surface area (Å²) in [6.45, 7) is 4.57. The van der Waals surface area contributed by atoms with Crippen LogP contribution in [0.3, 0.4) is 0 Å². The molecule has 0 spiro atoms. The number of hydrogen-bond acceptors (Lipinski definition) is 6. The van der Waals surface area contributed by atoms with Crippen LogP contribution < -0.4 is 5.32 Å². The van der Waals surface area contributed by atoms with Crippen molar-refractivity contribution < 1.29 is 17.2 Å². The molecule has 182 valence electrons. The van der Waals surface area contributed by atoms with E-state index in [0.717, 1.165) is 37.3 Å². The molecule has 5 nitrogen and oxygen atoms in total. The maximum atomic E-state index is 14.8. The van der Waals surface area contributed by atoms with Crippen molar-refractivity contribution in [1.82, 2.24) is 9.88 Å². The van der Waals surface area contributed by atoms with Crippen LogP contribution in [0.15, 0.2) is 46.1 Å². The number of rotatable bonds is 8. The Kier molecular flexibility index (Phi) is 7.87. The molecule has 0 amide bonds. The number of likely N-dealkylation sites (tertiary alicyclic amines) is 1. The van der Waals surface area contributed by atoms with Crippen molar-refractivity contribution in [2.75, 3.05) is 18.4 Å². The van der Waals surface area contributed by atoms with Crippen LogP contribution in [0, 0.1) is 11.6 Å². The van der Waals surface area contributed by atoms with Crippen LogP contribution in [0.4, 0.5) is 14.5 Å². The highest BCUT2D eigenvalue weighted by atomic mass is 35.5. The minimum absolute atomic E-state index is 0.0370. The third-order valence-corrected chi connectivity index (χ3v) is 8.54. The molecule has 0 radical (unpaired) electrons. The maximum Gasteiger partial charge on any atom is 0.187 e. The number of thiazole rings is 1. The quantitative estimate of drug-likeness (QED) is 0.379. The van der Waals surface area contributed by atoms with Crippen molar-refractivity contribution in [2.45, 2.75) is 49.4 Å². The lowest BCUT2D eigenvalue weighted by Crippen LogP contribution is -2.29. The number of piperidine rings is 1. The minimum Gasteiger partial charge on any atom is -0.377 e. The first-order valence-corrected chi connectivity index (χ1v) is 14.1. The van der Waals surface area contributed by atoms with Gasteiger partial charge in [0.25, 0.3) is 0 Å². The van der Waals surface area contributed by atoms with Crippen molar-refractivity contribution >= 4 is 38.5 Å². The summed E-state index contributed by atoms with van der Waals surface area (Å²) in [7, 11) is -3.97. The molecule has 1 saturated heterocycles. The normalized spacial score (nSPS) is 15.9. The van der Waals surface area contributed by atoms with E-state index in [4.69, 9.17) is 11.6 Å². The Morgan fingerprint density at radius 1 is 1.15 bits per heavy atom. The Labute approximate surface area is 207 Å². The maximum absolute atomic E-state index is 14.8. The van der Waals surface area contributed by atoms with Crippen molar-refractivity contribution in [1.29, 1.82) is 0 Å². The van der Waals surface area contributed by atoms with E-state index in [2.05, 4.69) is 15.2 Å². The molecular formula is C24H26ClF2N3O2S2. The van der Waals surface area contributed by atoms with Crippen LogP contribution in [0.5, 0.6) is 0 Å². The lowest BCUT2D eigenvalue weighted by molar-refractivity contribution is 0.221. The molecular weight excluding hydrogens is 500 g/mol. The molecule has 3 aromatic rings. The number of hydrogen-bond donors (Lipinski definition) is 1. The van der Waals surface area contributed by atoms with Crippen LogP contribution in [0.1, 0.15) is 49.0 Å². The third kappa shape index (κ3) is 5.94. The van der Waals surface area contributed by atoms with Crippen molar-refractivity contribution in [2.24, 2.45) is 0 Å². The first-order valence-electron chi connectivity index (χ1n) is 11.1. The van der Waals surface area contributed by atoms with Gasteiger partial charge in [0, 0.05) is 17.5 Å². The fourth-order valence-electron chi connectivity index (χ4n) is 4.17. The Morgan fingerprint density at radius 2 is 1.91 bits per heavy atom. The minimum atomic E-state index is -3.97. The van der Waals surface area contributed by atoms with Crippen molar-refractivity contribution in [3.05, 3.63) is 74.7 Å². The molecule has 2 heterocycles. The topological polar surface area (TPSA) is 62.3 Å². The van der Waals surface area contributed by atoms with E-state index < -0.39 is 32.3 Å². The summed E-state index contributed by atoms with van der Waals surface area (Å²) >= 11 is 7.58. The van der Waals surface area contributed by atoms with Gasteiger partial charge in [-0.25, -0.2) is 22.2 Å². The molecule has 34 heavy (non-hydrogen) atoms. The average Bonchev–Trinajstić information content (AvgIpc) is 3.30. The van der Waals surface area contributed by atoms with Gasteiger partial charge in [-0.2, -0.15) is 0 Å². The molecule has 1 aromatic heterocycles. The summed E-state index contributed by atoms with van der Waals surface area (Å²) in [5.74, 6) is -1.71. The zero-order chi connectivity index (χ0) is 24.3. The Balaban J connectivity index is 1.52. The van der Waals surface area contributed by atoms with Gasteiger partial charge in [0.05, 0.1) is 33.7 Å². The van der Waals surface area contributed by atoms with Gasteiger partial charge in [-0.05, 0) is 62.7 Å². The fraction of sp³-hybridized carbons (Fsp3) is 0.375. The first kappa shape index (κ1) is 25.0. The Hall–Kier alpha value is -2.07. The summed E-state index contributed by atoms with van der Waals surface area (Å²) < 4.78 is 54.8. The Morgan fingerprint density at radius 3 is 2.62 bits per heavy atom. The van der Waals surface area contributed by atoms with Gasteiger partial charge in [0.1, 0.15) is 16.5 Å². The standard InChI is InChI=1S/C24H26ClF2N3O2S2/c1-16(19-9-17(5-6-21(19)26)12-30-7-3-2-4-8-30)29-23-11-22(27)24(10-20(23)25)34(31,32)14-18-13-33-15-28-18/h5-6,9-11,13,15-16,29H,2-4,7-8,12,14H2,1H3/t16-/m0/s1. The van der Waals surface area contributed by atoms with Crippen LogP contribution in [-0.4, -0.2) is 31.4 Å². The summed E-state index contributed by atoms with van der Waals surface area (Å²) in [5, 5.41) is 4.67. The lowest BCUT2D eigenvalue weighted by Gasteiger charge is -2.27. The zero-order valence-corrected chi connectivity index (χ0v) is 21.1. The monoisotopic (exact) mass is 525 g/mol. The Bertz CT molecular complexity index is 1250. The highest BCUT2D eigenvalue weighted by molar-refractivity contribution is 7.90. The molecule has 1 fully saturated rings. The fourth-order valence-corrected chi connectivity index (χ4v) is 6.47. The molecule has 1 aliphatic heterocycles. The second-order valence-electron chi connectivity index (χ2n) is 8.56. The summed E-state index contributed by atoms with van der Waals surface area (Å²) in [4.78, 5) is 5.82. The summed E-state index contributed by atoms with van der Waals surface area (Å²) in [5.41, 5.74) is 3.50. The second-order valence-corrected chi connectivity index (χ2v) is 11.6. The van der Waals surface area contributed by atoms with Gasteiger partial charge in [-0.1, -0.05) is 24.1 Å². The van der Waals surface area contributed by atoms with Crippen LogP contribution >= 0.6 is 22.9 Å². The lowest BCUT2D eigenvalue weighted by atomic mass is 10.0. The number of benzene rings is 2. The molecule has 2 aromatic carbocycles. The van der Waals surface area contributed by atoms with Gasteiger partial charge < -0.3 is 5.32 Å². The number of nitrogens with one attached hydrogen (secondary N) is 1. The predicted molar refractivity (Wildman–Crippen MR) is 132 cm³/mol. The highest BCUT2D eigenvalue weighted by Crippen LogP contribution is 2.33. The number of sulfone groups is 1. The van der Waals surface area contributed by atoms with E-state index in [1.807, 2.05) is 6.07 Å². The van der Waals surface area contributed by atoms with Gasteiger partial charge >= 0.3 is 0 Å². The van der Waals surface area contributed by atoms with Crippen LogP contribution in [0.2, 0.25) is 5.02 Å². The second kappa shape index (κ2) is 10.7. The highest BCUT2D eigenvalue weighted by Gasteiger charge is 2.24. The first-order chi connectivity index (χ1) is 16.2. The van der Waals surface area contributed by atoms with Gasteiger partial charge in [0.15, 0.2) is 9.84 Å². The number of anilines is 1. The van der Waals surface area contributed by atoms with E-state index in [9.17, 15) is 17.2 Å². The van der Waals surface area contributed by atoms with Crippen LogP contribution in [-0.2, 0) is 22.1 Å². The predicted octanol–water partition coefficient (Wildman–Crippen LogP) is 6.21. The average molecular weight is 526 g/mol. The summed E-state index contributed by atoms with van der Waals surface area (Å²) in [6.07, 6.45) is 3.59. The molecule has 0 unspecified atom stereocenters. The number of aromatic nitrogens is 1. The SMILES string of the molecule is C[C@H](Nc1cc(F)c(S(=O)(=O)Cc2cscn2)cc1Cl)c1cc(CN2CCCCC2)ccc1F. The number of nitrogens with zero attached hydrogens (tertiary/aromatic N) is 2. The molecule has 10 heteroatoms. The third-order valence-electron chi connectivity index (χ3n) is 5.93. The summed E-state index contributed by atoms with van der Waals surface area (Å²) in [6, 6.07) is 6.67. The van der Waals surface area contributed by atoms with Crippen LogP contribution in [0.25, 0.3) is 0 Å². The van der Waals surface area contributed by atoms with Gasteiger partial charge in [-0.3, -0.25) is 4.90 Å². The van der Waals surface area contributed by atoms with E-state index >= 15 is 0 Å². The molecule has 0 saturated carbocycles. The van der Waals surface area contributed by atoms with E-state index in [-0.39, 0.29) is 16.5 Å². The van der Waals surface area contributed by atoms with Gasteiger partial charge in [0.2, 0.25) is 0 Å². The van der Waals surface area contributed by atoms with Crippen molar-refractivity contribution in [3.8, 4) is 0 Å². The molecule has 4 rings (SSSR count). The van der Waals surface area contributed by atoms with E-state index in [1.54, 1.807) is 18.4 Å².